The van der Waals surface area contributed by atoms with Crippen LogP contribution in [0.4, 0.5) is 5.69 Å². The van der Waals surface area contributed by atoms with Gasteiger partial charge in [-0.2, -0.15) is 0 Å². The molecule has 4 nitrogen and oxygen atoms in total. The first-order valence-corrected chi connectivity index (χ1v) is 6.52. The van der Waals surface area contributed by atoms with Crippen LogP contribution in [0.2, 0.25) is 0 Å². The maximum absolute atomic E-state index is 11.5. The standard InChI is InChI=1S/C17H14N2O2/c1-21-17(20)12-4-2-11(3-5-12)14-8-9-19-16-7-6-13(18)10-15(14)16/h2-10H,18H2,1H3. The number of carbonyl (C=O) groups excluding carboxylic acids is 1. The third-order valence-electron chi connectivity index (χ3n) is 3.38. The molecule has 3 aromatic rings. The third-order valence-corrected chi connectivity index (χ3v) is 3.38. The summed E-state index contributed by atoms with van der Waals surface area (Å²) >= 11 is 0. The van der Waals surface area contributed by atoms with Crippen LogP contribution in [0, 0.1) is 0 Å². The van der Waals surface area contributed by atoms with E-state index in [-0.39, 0.29) is 5.97 Å². The van der Waals surface area contributed by atoms with Crippen LogP contribution in [0.25, 0.3) is 22.0 Å². The van der Waals surface area contributed by atoms with Crippen molar-refractivity contribution in [3.63, 3.8) is 0 Å². The largest absolute Gasteiger partial charge is 0.465 e. The number of esters is 1. The number of fused-ring (bicyclic) bond motifs is 1. The quantitative estimate of drug-likeness (QED) is 0.577. The average Bonchev–Trinajstić information content (AvgIpc) is 2.53. The van der Waals surface area contributed by atoms with E-state index in [2.05, 4.69) is 4.98 Å². The number of rotatable bonds is 2. The van der Waals surface area contributed by atoms with Crippen molar-refractivity contribution >= 4 is 22.6 Å². The van der Waals surface area contributed by atoms with Gasteiger partial charge in [-0.05, 0) is 47.5 Å². The van der Waals surface area contributed by atoms with Gasteiger partial charge in [0.05, 0.1) is 18.2 Å². The second-order valence-corrected chi connectivity index (χ2v) is 4.70. The molecule has 2 N–H and O–H groups in total. The van der Waals surface area contributed by atoms with Gasteiger partial charge in [0.2, 0.25) is 0 Å². The van der Waals surface area contributed by atoms with Crippen molar-refractivity contribution in [3.8, 4) is 11.1 Å². The summed E-state index contributed by atoms with van der Waals surface area (Å²) in [7, 11) is 1.37. The first-order valence-electron chi connectivity index (χ1n) is 6.52. The van der Waals surface area contributed by atoms with Crippen molar-refractivity contribution in [1.82, 2.24) is 4.98 Å². The Kier molecular flexibility index (Phi) is 3.28. The second-order valence-electron chi connectivity index (χ2n) is 4.70. The fourth-order valence-corrected chi connectivity index (χ4v) is 2.32. The average molecular weight is 278 g/mol. The Balaban J connectivity index is 2.12. The highest BCUT2D eigenvalue weighted by atomic mass is 16.5. The van der Waals surface area contributed by atoms with E-state index in [0.717, 1.165) is 22.0 Å². The van der Waals surface area contributed by atoms with E-state index >= 15 is 0 Å². The molecule has 2 aromatic carbocycles. The Morgan fingerprint density at radius 1 is 1.10 bits per heavy atom. The summed E-state index contributed by atoms with van der Waals surface area (Å²) in [4.78, 5) is 15.8. The van der Waals surface area contributed by atoms with Gasteiger partial charge in [-0.1, -0.05) is 12.1 Å². The van der Waals surface area contributed by atoms with Gasteiger partial charge < -0.3 is 10.5 Å². The van der Waals surface area contributed by atoms with Crippen LogP contribution in [0.15, 0.2) is 54.7 Å². The number of pyridine rings is 1. The van der Waals surface area contributed by atoms with E-state index in [1.165, 1.54) is 7.11 Å². The molecule has 0 aliphatic heterocycles. The minimum atomic E-state index is -0.342. The number of nitrogen functional groups attached to an aromatic ring is 1. The van der Waals surface area contributed by atoms with Crippen LogP contribution in [0.5, 0.6) is 0 Å². The number of benzene rings is 2. The molecular weight excluding hydrogens is 264 g/mol. The Hall–Kier alpha value is -2.88. The van der Waals surface area contributed by atoms with Crippen molar-refractivity contribution in [2.75, 3.05) is 12.8 Å². The number of carbonyl (C=O) groups is 1. The maximum Gasteiger partial charge on any atom is 0.337 e. The molecule has 1 aromatic heterocycles. The Morgan fingerprint density at radius 2 is 1.86 bits per heavy atom. The molecule has 0 saturated heterocycles. The zero-order valence-corrected chi connectivity index (χ0v) is 11.5. The van der Waals surface area contributed by atoms with Gasteiger partial charge in [-0.3, -0.25) is 4.98 Å². The van der Waals surface area contributed by atoms with E-state index in [0.29, 0.717) is 11.3 Å². The summed E-state index contributed by atoms with van der Waals surface area (Å²) in [5.41, 5.74) is 10.0. The SMILES string of the molecule is COC(=O)c1ccc(-c2ccnc3ccc(N)cc23)cc1. The molecule has 104 valence electrons. The normalized spacial score (nSPS) is 10.5. The fraction of sp³-hybridized carbons (Fsp3) is 0.0588. The minimum absolute atomic E-state index is 0.342. The van der Waals surface area contributed by atoms with Crippen molar-refractivity contribution in [2.45, 2.75) is 0 Å². The molecule has 0 atom stereocenters. The predicted molar refractivity (Wildman–Crippen MR) is 82.9 cm³/mol. The summed E-state index contributed by atoms with van der Waals surface area (Å²) in [6.07, 6.45) is 1.77. The lowest BCUT2D eigenvalue weighted by molar-refractivity contribution is 0.0601. The first-order chi connectivity index (χ1) is 10.2. The van der Waals surface area contributed by atoms with Crippen LogP contribution in [0.1, 0.15) is 10.4 Å². The van der Waals surface area contributed by atoms with Gasteiger partial charge in [0.1, 0.15) is 0 Å². The van der Waals surface area contributed by atoms with Crippen molar-refractivity contribution in [2.24, 2.45) is 0 Å². The van der Waals surface area contributed by atoms with Crippen LogP contribution < -0.4 is 5.73 Å². The number of nitrogens with two attached hydrogens (primary N) is 1. The van der Waals surface area contributed by atoms with E-state index in [1.54, 1.807) is 18.3 Å². The summed E-state index contributed by atoms with van der Waals surface area (Å²) < 4.78 is 4.70. The number of aromatic nitrogens is 1. The van der Waals surface area contributed by atoms with Gasteiger partial charge in [-0.25, -0.2) is 4.79 Å². The van der Waals surface area contributed by atoms with Gasteiger partial charge in [0.15, 0.2) is 0 Å². The summed E-state index contributed by atoms with van der Waals surface area (Å²) in [5.74, 6) is -0.342. The third kappa shape index (κ3) is 2.43. The molecule has 0 spiro atoms. The van der Waals surface area contributed by atoms with E-state index in [1.807, 2.05) is 36.4 Å². The highest BCUT2D eigenvalue weighted by molar-refractivity contribution is 5.97. The molecule has 3 rings (SSSR count). The summed E-state index contributed by atoms with van der Waals surface area (Å²) in [5, 5.41) is 0.989. The van der Waals surface area contributed by atoms with Crippen LogP contribution in [0.3, 0.4) is 0 Å². The number of hydrogen-bond acceptors (Lipinski definition) is 4. The Labute approximate surface area is 122 Å². The number of hydrogen-bond donors (Lipinski definition) is 1. The van der Waals surface area contributed by atoms with Crippen molar-refractivity contribution < 1.29 is 9.53 Å². The molecule has 21 heavy (non-hydrogen) atoms. The molecule has 0 bridgehead atoms. The van der Waals surface area contributed by atoms with Crippen molar-refractivity contribution in [3.05, 3.63) is 60.3 Å². The first kappa shape index (κ1) is 13.1. The Bertz CT molecular complexity index is 811. The van der Waals surface area contributed by atoms with Gasteiger partial charge in [-0.15, -0.1) is 0 Å². The molecule has 0 aliphatic rings. The van der Waals surface area contributed by atoms with Crippen LogP contribution in [-0.2, 0) is 4.74 Å². The van der Waals surface area contributed by atoms with E-state index < -0.39 is 0 Å². The minimum Gasteiger partial charge on any atom is -0.465 e. The molecule has 0 saturated carbocycles. The van der Waals surface area contributed by atoms with Crippen molar-refractivity contribution in [1.29, 1.82) is 0 Å². The molecule has 4 heteroatoms. The molecular formula is C17H14N2O2. The lowest BCUT2D eigenvalue weighted by atomic mass is 10.00. The van der Waals surface area contributed by atoms with E-state index in [4.69, 9.17) is 10.5 Å². The lowest BCUT2D eigenvalue weighted by Gasteiger charge is -2.08. The molecule has 0 amide bonds. The summed E-state index contributed by atoms with van der Waals surface area (Å²) in [6, 6.07) is 14.9. The van der Waals surface area contributed by atoms with Crippen LogP contribution >= 0.6 is 0 Å². The van der Waals surface area contributed by atoms with Gasteiger partial charge >= 0.3 is 5.97 Å². The fourth-order valence-electron chi connectivity index (χ4n) is 2.32. The Morgan fingerprint density at radius 3 is 2.57 bits per heavy atom. The summed E-state index contributed by atoms with van der Waals surface area (Å²) in [6.45, 7) is 0. The smallest absolute Gasteiger partial charge is 0.337 e. The number of methoxy groups -OCH3 is 1. The van der Waals surface area contributed by atoms with Crippen LogP contribution in [-0.4, -0.2) is 18.1 Å². The molecule has 0 radical (unpaired) electrons. The number of ether oxygens (including phenoxy) is 1. The molecule has 0 unspecified atom stereocenters. The zero-order chi connectivity index (χ0) is 14.8. The zero-order valence-electron chi connectivity index (χ0n) is 11.5. The highest BCUT2D eigenvalue weighted by Gasteiger charge is 2.08. The van der Waals surface area contributed by atoms with Gasteiger partial charge in [0.25, 0.3) is 0 Å². The monoisotopic (exact) mass is 278 g/mol. The maximum atomic E-state index is 11.5. The predicted octanol–water partition coefficient (Wildman–Crippen LogP) is 3.27. The van der Waals surface area contributed by atoms with Gasteiger partial charge in [0, 0.05) is 17.3 Å². The highest BCUT2D eigenvalue weighted by Crippen LogP contribution is 2.29. The topological polar surface area (TPSA) is 65.2 Å². The molecule has 0 aliphatic carbocycles. The number of nitrogens with zero attached hydrogens (tertiary/aromatic N) is 1. The lowest BCUT2D eigenvalue weighted by Crippen LogP contribution is -2.00. The van der Waals surface area contributed by atoms with E-state index in [9.17, 15) is 4.79 Å². The molecule has 0 fully saturated rings. The number of anilines is 1. The molecule has 1 heterocycles. The second kappa shape index (κ2) is 5.25.